The van der Waals surface area contributed by atoms with Crippen LogP contribution in [-0.2, 0) is 16.1 Å². The minimum absolute atomic E-state index is 0.0771. The van der Waals surface area contributed by atoms with Gasteiger partial charge >= 0.3 is 5.97 Å². The Hall–Kier alpha value is -2.25. The third-order valence-electron chi connectivity index (χ3n) is 3.28. The predicted molar refractivity (Wildman–Crippen MR) is 88.6 cm³/mol. The highest BCUT2D eigenvalue weighted by molar-refractivity contribution is 7.08. The second-order valence-corrected chi connectivity index (χ2v) is 6.18. The zero-order valence-electron chi connectivity index (χ0n) is 12.5. The minimum atomic E-state index is -0.408. The molecule has 6 nitrogen and oxygen atoms in total. The second kappa shape index (κ2) is 7.55. The molecule has 1 N–H and O–H groups in total. The van der Waals surface area contributed by atoms with E-state index in [-0.39, 0.29) is 32.3 Å². The van der Waals surface area contributed by atoms with Crippen LogP contribution in [0.25, 0.3) is 0 Å². The van der Waals surface area contributed by atoms with Gasteiger partial charge in [-0.1, -0.05) is 11.6 Å². The van der Waals surface area contributed by atoms with Gasteiger partial charge in [0, 0.05) is 17.5 Å². The number of carbonyl (C=O) groups excluding carboxylic acids is 2. The van der Waals surface area contributed by atoms with Crippen LogP contribution < -0.4 is 14.8 Å². The summed E-state index contributed by atoms with van der Waals surface area (Å²) in [6, 6.07) is 5.11. The Labute approximate surface area is 147 Å². The number of carbonyl (C=O) groups is 2. The van der Waals surface area contributed by atoms with Crippen molar-refractivity contribution < 1.29 is 23.8 Å². The van der Waals surface area contributed by atoms with Crippen LogP contribution in [0.15, 0.2) is 29.0 Å². The van der Waals surface area contributed by atoms with Crippen molar-refractivity contribution in [2.45, 2.75) is 13.0 Å². The summed E-state index contributed by atoms with van der Waals surface area (Å²) in [5.41, 5.74) is 1.29. The molecule has 0 fully saturated rings. The average molecular weight is 368 g/mol. The number of esters is 1. The van der Waals surface area contributed by atoms with E-state index in [2.05, 4.69) is 5.32 Å². The molecule has 126 valence electrons. The third-order valence-corrected chi connectivity index (χ3v) is 4.25. The number of amides is 1. The zero-order chi connectivity index (χ0) is 16.9. The quantitative estimate of drug-likeness (QED) is 0.794. The summed E-state index contributed by atoms with van der Waals surface area (Å²) < 4.78 is 15.6. The zero-order valence-corrected chi connectivity index (χ0v) is 14.1. The number of fused-ring (bicyclic) bond motifs is 1. The highest BCUT2D eigenvalue weighted by Gasteiger charge is 2.18. The van der Waals surface area contributed by atoms with E-state index in [1.165, 1.54) is 11.3 Å². The lowest BCUT2D eigenvalue weighted by molar-refractivity contribution is -0.144. The van der Waals surface area contributed by atoms with Crippen LogP contribution in [0.3, 0.4) is 0 Å². The first kappa shape index (κ1) is 16.6. The number of benzene rings is 1. The second-order valence-electron chi connectivity index (χ2n) is 4.99. The first-order chi connectivity index (χ1) is 11.6. The van der Waals surface area contributed by atoms with Crippen LogP contribution in [0.5, 0.6) is 11.5 Å². The van der Waals surface area contributed by atoms with Gasteiger partial charge in [-0.05, 0) is 29.1 Å². The molecule has 0 saturated heterocycles. The van der Waals surface area contributed by atoms with Gasteiger partial charge in [0.25, 0.3) is 5.91 Å². The summed E-state index contributed by atoms with van der Waals surface area (Å²) in [4.78, 5) is 23.5. The SMILES string of the molecule is O=C(CCNC(=O)c1ccsc1)OCc1cc(Cl)c2c(c1)OCO2. The number of halogens is 1. The topological polar surface area (TPSA) is 73.9 Å². The largest absolute Gasteiger partial charge is 0.461 e. The molecule has 0 atom stereocenters. The first-order valence-electron chi connectivity index (χ1n) is 7.17. The smallest absolute Gasteiger partial charge is 0.307 e. The van der Waals surface area contributed by atoms with Crippen LogP contribution in [0.2, 0.25) is 5.02 Å². The van der Waals surface area contributed by atoms with Crippen molar-refractivity contribution in [1.29, 1.82) is 0 Å². The molecule has 0 radical (unpaired) electrons. The van der Waals surface area contributed by atoms with E-state index in [9.17, 15) is 9.59 Å². The van der Waals surface area contributed by atoms with E-state index in [0.717, 1.165) is 0 Å². The van der Waals surface area contributed by atoms with Gasteiger partial charge < -0.3 is 19.5 Å². The Morgan fingerprint density at radius 3 is 3.00 bits per heavy atom. The molecule has 1 aliphatic heterocycles. The highest BCUT2D eigenvalue weighted by atomic mass is 35.5. The average Bonchev–Trinajstić information content (AvgIpc) is 3.24. The molecule has 0 spiro atoms. The monoisotopic (exact) mass is 367 g/mol. The number of hydrogen-bond acceptors (Lipinski definition) is 6. The molecular weight excluding hydrogens is 354 g/mol. The molecule has 0 bridgehead atoms. The summed E-state index contributed by atoms with van der Waals surface area (Å²) >= 11 is 7.51. The van der Waals surface area contributed by atoms with E-state index >= 15 is 0 Å². The van der Waals surface area contributed by atoms with Gasteiger partial charge in [0.15, 0.2) is 11.5 Å². The normalized spacial score (nSPS) is 12.0. The fourth-order valence-corrected chi connectivity index (χ4v) is 3.04. The van der Waals surface area contributed by atoms with Crippen LogP contribution in [0.1, 0.15) is 22.3 Å². The third kappa shape index (κ3) is 3.98. The Morgan fingerprint density at radius 1 is 1.33 bits per heavy atom. The maximum atomic E-state index is 11.7. The highest BCUT2D eigenvalue weighted by Crippen LogP contribution is 2.39. The lowest BCUT2D eigenvalue weighted by atomic mass is 10.2. The summed E-state index contributed by atoms with van der Waals surface area (Å²) in [6.07, 6.45) is 0.0914. The molecule has 3 rings (SSSR count). The minimum Gasteiger partial charge on any atom is -0.461 e. The number of ether oxygens (including phenoxy) is 3. The first-order valence-corrected chi connectivity index (χ1v) is 8.49. The van der Waals surface area contributed by atoms with Crippen molar-refractivity contribution in [2.24, 2.45) is 0 Å². The van der Waals surface area contributed by atoms with Crippen molar-refractivity contribution in [2.75, 3.05) is 13.3 Å². The van der Waals surface area contributed by atoms with Gasteiger partial charge in [0.05, 0.1) is 11.4 Å². The summed E-state index contributed by atoms with van der Waals surface area (Å²) in [6.45, 7) is 0.422. The van der Waals surface area contributed by atoms with Crippen molar-refractivity contribution >= 4 is 34.8 Å². The van der Waals surface area contributed by atoms with Gasteiger partial charge in [-0.25, -0.2) is 0 Å². The maximum Gasteiger partial charge on any atom is 0.307 e. The van der Waals surface area contributed by atoms with Crippen molar-refractivity contribution in [1.82, 2.24) is 5.32 Å². The van der Waals surface area contributed by atoms with E-state index in [0.29, 0.717) is 27.6 Å². The fourth-order valence-electron chi connectivity index (χ4n) is 2.11. The van der Waals surface area contributed by atoms with E-state index < -0.39 is 5.97 Å². The van der Waals surface area contributed by atoms with E-state index in [1.54, 1.807) is 23.6 Å². The van der Waals surface area contributed by atoms with Crippen LogP contribution in [0.4, 0.5) is 0 Å². The van der Waals surface area contributed by atoms with Crippen molar-refractivity contribution in [3.05, 3.63) is 45.1 Å². The van der Waals surface area contributed by atoms with Crippen LogP contribution in [-0.4, -0.2) is 25.2 Å². The van der Waals surface area contributed by atoms with Crippen LogP contribution >= 0.6 is 22.9 Å². The van der Waals surface area contributed by atoms with Gasteiger partial charge in [-0.2, -0.15) is 11.3 Å². The predicted octanol–water partition coefficient (Wildman–Crippen LogP) is 2.99. The van der Waals surface area contributed by atoms with Crippen molar-refractivity contribution in [3.8, 4) is 11.5 Å². The Bertz CT molecular complexity index is 747. The maximum absolute atomic E-state index is 11.7. The summed E-state index contributed by atoms with van der Waals surface area (Å²) in [5.74, 6) is 0.431. The fraction of sp³-hybridized carbons (Fsp3) is 0.250. The van der Waals surface area contributed by atoms with Gasteiger partial charge in [-0.3, -0.25) is 9.59 Å². The number of nitrogens with one attached hydrogen (secondary N) is 1. The number of rotatable bonds is 6. The molecule has 0 unspecified atom stereocenters. The summed E-state index contributed by atoms with van der Waals surface area (Å²) in [5, 5.41) is 6.65. The molecule has 1 aliphatic rings. The molecule has 24 heavy (non-hydrogen) atoms. The molecule has 1 aromatic carbocycles. The van der Waals surface area contributed by atoms with E-state index in [4.69, 9.17) is 25.8 Å². The molecular formula is C16H14ClNO5S. The number of thiophene rings is 1. The molecule has 8 heteroatoms. The number of hydrogen-bond donors (Lipinski definition) is 1. The van der Waals surface area contributed by atoms with Gasteiger partial charge in [0.2, 0.25) is 6.79 Å². The standard InChI is InChI=1S/C16H14ClNO5S/c17-12-5-10(6-13-15(12)23-9-22-13)7-21-14(19)1-3-18-16(20)11-2-4-24-8-11/h2,4-6,8H,1,3,7,9H2,(H,18,20). The van der Waals surface area contributed by atoms with Crippen LogP contribution in [0, 0.1) is 0 Å². The molecule has 0 aliphatic carbocycles. The Balaban J connectivity index is 1.43. The molecule has 1 amide bonds. The van der Waals surface area contributed by atoms with Crippen molar-refractivity contribution in [3.63, 3.8) is 0 Å². The van der Waals surface area contributed by atoms with Gasteiger partial charge in [-0.15, -0.1) is 0 Å². The lowest BCUT2D eigenvalue weighted by Crippen LogP contribution is -2.26. The molecule has 2 aromatic rings. The van der Waals surface area contributed by atoms with Gasteiger partial charge in [0.1, 0.15) is 6.61 Å². The molecule has 1 aromatic heterocycles. The van der Waals surface area contributed by atoms with E-state index in [1.807, 2.05) is 5.38 Å². The lowest BCUT2D eigenvalue weighted by Gasteiger charge is -2.07. The molecule has 0 saturated carbocycles. The summed E-state index contributed by atoms with van der Waals surface area (Å²) in [7, 11) is 0. The molecule has 2 heterocycles. The Kier molecular flexibility index (Phi) is 5.22. The Morgan fingerprint density at radius 2 is 2.21 bits per heavy atom.